The molecule has 1 rings (SSSR count). The highest BCUT2D eigenvalue weighted by atomic mass is 32.2. The van der Waals surface area contributed by atoms with Gasteiger partial charge in [0.15, 0.2) is 0 Å². The average Bonchev–Trinajstić information content (AvgIpc) is 2.30. The van der Waals surface area contributed by atoms with E-state index in [1.165, 1.54) is 0 Å². The fraction of sp³-hybridized carbons (Fsp3) is 0.231. The highest BCUT2D eigenvalue weighted by Crippen LogP contribution is 2.17. The zero-order chi connectivity index (χ0) is 12.0. The first-order valence-corrected chi connectivity index (χ1v) is 6.29. The zero-order valence-electron chi connectivity index (χ0n) is 9.47. The van der Waals surface area contributed by atoms with Crippen LogP contribution in [0.2, 0.25) is 0 Å². The van der Waals surface area contributed by atoms with Crippen LogP contribution in [0.4, 0.5) is 0 Å². The second-order valence-corrected chi connectivity index (χ2v) is 4.25. The molecular weight excluding hydrogens is 220 g/mol. The SMILES string of the molecule is C/C=C(\C=C/CC)c1ccc(S(=O)[O-])cc1. The van der Waals surface area contributed by atoms with Gasteiger partial charge in [-0.25, -0.2) is 0 Å². The summed E-state index contributed by atoms with van der Waals surface area (Å²) in [7, 11) is 0. The molecule has 0 saturated heterocycles. The van der Waals surface area contributed by atoms with Crippen LogP contribution in [0.5, 0.6) is 0 Å². The molecule has 0 radical (unpaired) electrons. The lowest BCUT2D eigenvalue weighted by Crippen LogP contribution is -1.89. The Morgan fingerprint density at radius 3 is 2.44 bits per heavy atom. The van der Waals surface area contributed by atoms with E-state index in [4.69, 9.17) is 0 Å². The van der Waals surface area contributed by atoms with Crippen LogP contribution in [0, 0.1) is 0 Å². The molecule has 0 spiro atoms. The largest absolute Gasteiger partial charge is 0.768 e. The number of allylic oxidation sites excluding steroid dienone is 4. The number of benzene rings is 1. The summed E-state index contributed by atoms with van der Waals surface area (Å²) < 4.78 is 21.4. The summed E-state index contributed by atoms with van der Waals surface area (Å²) in [6, 6.07) is 6.87. The number of hydrogen-bond acceptors (Lipinski definition) is 2. The smallest absolute Gasteiger partial charge is 0.0249 e. The highest BCUT2D eigenvalue weighted by Gasteiger charge is 1.97. The van der Waals surface area contributed by atoms with Gasteiger partial charge in [0.25, 0.3) is 0 Å². The van der Waals surface area contributed by atoms with Crippen LogP contribution < -0.4 is 0 Å². The molecule has 86 valence electrons. The predicted molar refractivity (Wildman–Crippen MR) is 66.7 cm³/mol. The Kier molecular flexibility index (Phi) is 5.15. The van der Waals surface area contributed by atoms with Crippen molar-refractivity contribution in [3.05, 3.63) is 48.1 Å². The molecule has 1 unspecified atom stereocenters. The molecule has 0 aromatic heterocycles. The monoisotopic (exact) mass is 235 g/mol. The van der Waals surface area contributed by atoms with E-state index in [-0.39, 0.29) is 0 Å². The van der Waals surface area contributed by atoms with Gasteiger partial charge in [-0.15, -0.1) is 0 Å². The van der Waals surface area contributed by atoms with E-state index in [9.17, 15) is 8.76 Å². The first-order valence-electron chi connectivity index (χ1n) is 5.21. The maximum Gasteiger partial charge on any atom is 0.0249 e. The van der Waals surface area contributed by atoms with E-state index in [1.807, 2.05) is 31.2 Å². The minimum atomic E-state index is -2.15. The summed E-state index contributed by atoms with van der Waals surface area (Å²) in [5, 5.41) is 0. The molecule has 0 saturated carbocycles. The summed E-state index contributed by atoms with van der Waals surface area (Å²) in [5.41, 5.74) is 2.13. The summed E-state index contributed by atoms with van der Waals surface area (Å²) in [6.45, 7) is 4.04. The molecular formula is C13H15O2S-. The normalized spacial score (nSPS) is 14.3. The Bertz CT molecular complexity index is 416. The summed E-state index contributed by atoms with van der Waals surface area (Å²) in [4.78, 5) is 0.318. The fourth-order valence-electron chi connectivity index (χ4n) is 1.36. The molecule has 1 aromatic carbocycles. The van der Waals surface area contributed by atoms with Crippen molar-refractivity contribution in [2.45, 2.75) is 25.2 Å². The van der Waals surface area contributed by atoms with Crippen LogP contribution in [-0.4, -0.2) is 8.76 Å². The van der Waals surface area contributed by atoms with Crippen molar-refractivity contribution in [1.29, 1.82) is 0 Å². The third kappa shape index (κ3) is 3.43. The molecule has 1 atom stereocenters. The predicted octanol–water partition coefficient (Wildman–Crippen LogP) is 3.29. The van der Waals surface area contributed by atoms with Gasteiger partial charge >= 0.3 is 0 Å². The van der Waals surface area contributed by atoms with E-state index in [0.717, 1.165) is 17.6 Å². The van der Waals surface area contributed by atoms with E-state index in [2.05, 4.69) is 13.0 Å². The molecule has 0 aliphatic rings. The van der Waals surface area contributed by atoms with Gasteiger partial charge in [-0.3, -0.25) is 4.21 Å². The molecule has 3 heteroatoms. The molecule has 0 N–H and O–H groups in total. The first-order chi connectivity index (χ1) is 7.69. The Labute approximate surface area is 99.0 Å². The minimum Gasteiger partial charge on any atom is -0.768 e. The van der Waals surface area contributed by atoms with E-state index < -0.39 is 11.1 Å². The van der Waals surface area contributed by atoms with Crippen molar-refractivity contribution in [2.75, 3.05) is 0 Å². The highest BCUT2D eigenvalue weighted by molar-refractivity contribution is 7.79. The number of rotatable bonds is 4. The van der Waals surface area contributed by atoms with Gasteiger partial charge in [0, 0.05) is 4.90 Å². The second kappa shape index (κ2) is 6.40. The van der Waals surface area contributed by atoms with Crippen molar-refractivity contribution in [3.63, 3.8) is 0 Å². The van der Waals surface area contributed by atoms with Gasteiger partial charge in [-0.2, -0.15) is 0 Å². The van der Waals surface area contributed by atoms with Crippen molar-refractivity contribution in [1.82, 2.24) is 0 Å². The van der Waals surface area contributed by atoms with E-state index in [0.29, 0.717) is 4.90 Å². The van der Waals surface area contributed by atoms with Gasteiger partial charge in [0.05, 0.1) is 0 Å². The van der Waals surface area contributed by atoms with Gasteiger partial charge in [0.1, 0.15) is 0 Å². The van der Waals surface area contributed by atoms with Crippen LogP contribution in [-0.2, 0) is 11.1 Å². The van der Waals surface area contributed by atoms with Gasteiger partial charge in [0.2, 0.25) is 0 Å². The van der Waals surface area contributed by atoms with Gasteiger partial charge in [-0.1, -0.05) is 37.3 Å². The maximum absolute atomic E-state index is 10.7. The average molecular weight is 235 g/mol. The second-order valence-electron chi connectivity index (χ2n) is 3.31. The lowest BCUT2D eigenvalue weighted by molar-refractivity contribution is 0.537. The van der Waals surface area contributed by atoms with Gasteiger partial charge in [-0.05, 0) is 47.7 Å². The molecule has 0 aliphatic heterocycles. The van der Waals surface area contributed by atoms with Crippen LogP contribution in [0.1, 0.15) is 25.8 Å². The Morgan fingerprint density at radius 1 is 1.38 bits per heavy atom. The number of hydrogen-bond donors (Lipinski definition) is 0. The molecule has 0 aliphatic carbocycles. The van der Waals surface area contributed by atoms with E-state index >= 15 is 0 Å². The third-order valence-electron chi connectivity index (χ3n) is 2.22. The van der Waals surface area contributed by atoms with Gasteiger partial charge < -0.3 is 4.55 Å². The molecule has 16 heavy (non-hydrogen) atoms. The Balaban J connectivity index is 2.96. The van der Waals surface area contributed by atoms with E-state index in [1.54, 1.807) is 12.1 Å². The molecule has 0 amide bonds. The molecule has 0 fully saturated rings. The van der Waals surface area contributed by atoms with Crippen molar-refractivity contribution >= 4 is 16.7 Å². The topological polar surface area (TPSA) is 40.1 Å². The van der Waals surface area contributed by atoms with Crippen LogP contribution in [0.15, 0.2) is 47.4 Å². The van der Waals surface area contributed by atoms with Crippen LogP contribution in [0.3, 0.4) is 0 Å². The Morgan fingerprint density at radius 2 is 2.00 bits per heavy atom. The van der Waals surface area contributed by atoms with Crippen LogP contribution in [0.25, 0.3) is 5.57 Å². The summed E-state index contributed by atoms with van der Waals surface area (Å²) in [6.07, 6.45) is 7.12. The lowest BCUT2D eigenvalue weighted by atomic mass is 10.1. The molecule has 2 nitrogen and oxygen atoms in total. The van der Waals surface area contributed by atoms with Crippen LogP contribution >= 0.6 is 0 Å². The van der Waals surface area contributed by atoms with Crippen molar-refractivity contribution in [2.24, 2.45) is 0 Å². The van der Waals surface area contributed by atoms with Crippen molar-refractivity contribution < 1.29 is 8.76 Å². The summed E-state index contributed by atoms with van der Waals surface area (Å²) >= 11 is -2.15. The third-order valence-corrected chi connectivity index (χ3v) is 2.88. The lowest BCUT2D eigenvalue weighted by Gasteiger charge is -2.07. The maximum atomic E-state index is 10.7. The standard InChI is InChI=1S/C13H16O2S/c1-3-5-6-11(4-2)12-7-9-13(10-8-12)16(14)15/h4-10H,3H2,1-2H3,(H,14,15)/p-1/b6-5-,11-4+. The fourth-order valence-corrected chi connectivity index (χ4v) is 1.72. The zero-order valence-corrected chi connectivity index (χ0v) is 10.3. The minimum absolute atomic E-state index is 0.318. The summed E-state index contributed by atoms with van der Waals surface area (Å²) in [5.74, 6) is 0. The Hall–Kier alpha value is -1.19. The van der Waals surface area contributed by atoms with Crippen molar-refractivity contribution in [3.8, 4) is 0 Å². The quantitative estimate of drug-likeness (QED) is 0.593. The molecule has 1 aromatic rings. The molecule has 0 heterocycles. The molecule has 0 bridgehead atoms. The first kappa shape index (κ1) is 12.9.